The van der Waals surface area contributed by atoms with Gasteiger partial charge in [-0.2, -0.15) is 0 Å². The molecular weight excluding hydrogens is 979 g/mol. The van der Waals surface area contributed by atoms with Crippen molar-refractivity contribution in [3.05, 3.63) is 284 Å². The molecule has 0 saturated carbocycles. The van der Waals surface area contributed by atoms with Gasteiger partial charge in [-0.15, -0.1) is 0 Å². The summed E-state index contributed by atoms with van der Waals surface area (Å²) in [5.41, 5.74) is 22.2. The molecule has 15 aromatic rings. The van der Waals surface area contributed by atoms with Gasteiger partial charge in [0.05, 0.1) is 28.1 Å². The second-order valence-electron chi connectivity index (χ2n) is 22.4. The van der Waals surface area contributed by atoms with Crippen LogP contribution in [0.4, 0.5) is 0 Å². The Morgan fingerprint density at radius 3 is 1.28 bits per heavy atom. The zero-order chi connectivity index (χ0) is 53.9. The quantitative estimate of drug-likeness (QED) is 0.135. The number of hydrogen-bond acceptors (Lipinski definition) is 0. The lowest BCUT2D eigenvalue weighted by Crippen LogP contribution is -2.16. The van der Waals surface area contributed by atoms with Crippen LogP contribution in [-0.2, 0) is 6.42 Å². The molecule has 1 aliphatic rings. The highest BCUT2D eigenvalue weighted by Gasteiger charge is 2.27. The Labute approximate surface area is 471 Å². The molecule has 384 valence electrons. The van der Waals surface area contributed by atoms with E-state index < -0.39 is 0 Å². The lowest BCUT2D eigenvalue weighted by Gasteiger charge is -2.28. The third kappa shape index (κ3) is 7.42. The molecule has 3 heteroatoms. The molecule has 0 aliphatic heterocycles. The van der Waals surface area contributed by atoms with Gasteiger partial charge in [-0.1, -0.05) is 196 Å². The Kier molecular flexibility index (Phi) is 10.8. The summed E-state index contributed by atoms with van der Waals surface area (Å²) < 4.78 is 7.48. The molecule has 2 atom stereocenters. The molecule has 3 nitrogen and oxygen atoms in total. The average Bonchev–Trinajstić information content (AvgIpc) is 4.40. The van der Waals surface area contributed by atoms with Crippen LogP contribution in [0.1, 0.15) is 36.6 Å². The Hall–Kier alpha value is -9.96. The van der Waals surface area contributed by atoms with Crippen molar-refractivity contribution >= 4 is 92.5 Å². The molecule has 0 saturated heterocycles. The van der Waals surface area contributed by atoms with Crippen LogP contribution < -0.4 is 0 Å². The predicted molar refractivity (Wildman–Crippen MR) is 345 cm³/mol. The number of rotatable bonds is 8. The highest BCUT2D eigenvalue weighted by atomic mass is 15.0. The van der Waals surface area contributed by atoms with Gasteiger partial charge < -0.3 is 13.7 Å². The van der Waals surface area contributed by atoms with Crippen molar-refractivity contribution in [2.45, 2.75) is 33.2 Å². The van der Waals surface area contributed by atoms with Gasteiger partial charge in [0.2, 0.25) is 0 Å². The van der Waals surface area contributed by atoms with Gasteiger partial charge in [-0.3, -0.25) is 0 Å². The Balaban J connectivity index is 0.866. The maximum Gasteiger partial charge on any atom is 0.0586 e. The number of hydrogen-bond donors (Lipinski definition) is 0. The van der Waals surface area contributed by atoms with Crippen molar-refractivity contribution in [3.63, 3.8) is 0 Å². The van der Waals surface area contributed by atoms with Crippen LogP contribution in [0.3, 0.4) is 0 Å². The number of nitrogens with zero attached hydrogens (tertiary/aromatic N) is 3. The minimum atomic E-state index is 0.0735. The minimum Gasteiger partial charge on any atom is -0.333 e. The first-order valence-electron chi connectivity index (χ1n) is 28.7. The van der Waals surface area contributed by atoms with E-state index in [9.17, 15) is 0 Å². The van der Waals surface area contributed by atoms with E-state index in [4.69, 9.17) is 0 Å². The van der Waals surface area contributed by atoms with Crippen LogP contribution in [-0.4, -0.2) is 13.7 Å². The maximum absolute atomic E-state index is 2.63. The van der Waals surface area contributed by atoms with E-state index in [1.807, 2.05) is 0 Å². The largest absolute Gasteiger partial charge is 0.333 e. The van der Waals surface area contributed by atoms with E-state index >= 15 is 0 Å². The summed E-state index contributed by atoms with van der Waals surface area (Å²) in [6, 6.07) is 93.1. The molecule has 0 fully saturated rings. The van der Waals surface area contributed by atoms with Crippen molar-refractivity contribution in [2.75, 3.05) is 0 Å². The van der Waals surface area contributed by atoms with Gasteiger partial charge in [-0.25, -0.2) is 0 Å². The lowest BCUT2D eigenvalue weighted by atomic mass is 9.82. The SMILES string of the molecule is CCc1cccc(-n2c3ccccc3c3cc(-c4ccc5c(c4)c4cc(-c6ccc7c(c6)c6ccccc6n7-c6cccc(C)c6)ccc4n5C4C=CC(c5c6ccccc6c(-c6ccccc6)c6ccccc56)=CC4C)ccc32)c1. The second kappa shape index (κ2) is 18.6. The van der Waals surface area contributed by atoms with Crippen LogP contribution in [0.25, 0.3) is 137 Å². The van der Waals surface area contributed by atoms with E-state index in [0.717, 1.165) is 6.42 Å². The molecule has 3 aromatic heterocycles. The number of aryl methyl sites for hydroxylation is 2. The molecule has 0 radical (unpaired) electrons. The molecule has 0 N–H and O–H groups in total. The molecule has 1 aliphatic carbocycles. The number of aromatic nitrogens is 3. The first-order valence-corrected chi connectivity index (χ1v) is 28.7. The number of benzene rings is 12. The highest BCUT2D eigenvalue weighted by Crippen LogP contribution is 2.47. The standard InChI is InChI=1S/C78H57N3/c1-4-51-19-17-23-59(44-51)80-72-31-15-13-25-61(72)67-46-54(33-39-74(67)80)56-35-41-76-69(48-56)68-47-55(53-32-38-73-66(45-53)60-24-12-14-30-71(60)79(73)58-22-16-18-49(2)42-58)34-40-75(68)81(76)70-37-36-57(43-50(70)3)78-64-28-10-8-26-62(64)77(52-20-6-5-7-21-52)63-27-9-11-29-65(63)78/h5-48,50,70H,4H2,1-3H3. The lowest BCUT2D eigenvalue weighted by molar-refractivity contribution is 0.512. The van der Waals surface area contributed by atoms with Gasteiger partial charge in [0.1, 0.15) is 0 Å². The predicted octanol–water partition coefficient (Wildman–Crippen LogP) is 21.0. The Bertz CT molecular complexity index is 5080. The zero-order valence-corrected chi connectivity index (χ0v) is 45.6. The normalized spacial score (nSPS) is 14.7. The summed E-state index contributed by atoms with van der Waals surface area (Å²) in [6.07, 6.45) is 8.42. The van der Waals surface area contributed by atoms with Gasteiger partial charge >= 0.3 is 0 Å². The van der Waals surface area contributed by atoms with E-state index in [-0.39, 0.29) is 12.0 Å². The third-order valence-corrected chi connectivity index (χ3v) is 17.7. The Morgan fingerprint density at radius 1 is 0.346 bits per heavy atom. The third-order valence-electron chi connectivity index (χ3n) is 17.7. The van der Waals surface area contributed by atoms with E-state index in [0.29, 0.717) is 0 Å². The van der Waals surface area contributed by atoms with Crippen LogP contribution >= 0.6 is 0 Å². The van der Waals surface area contributed by atoms with Gasteiger partial charge in [0.25, 0.3) is 0 Å². The zero-order valence-electron chi connectivity index (χ0n) is 45.6. The average molecular weight is 1040 g/mol. The maximum atomic E-state index is 2.63. The fourth-order valence-electron chi connectivity index (χ4n) is 13.9. The second-order valence-corrected chi connectivity index (χ2v) is 22.4. The van der Waals surface area contributed by atoms with Crippen LogP contribution in [0, 0.1) is 12.8 Å². The highest BCUT2D eigenvalue weighted by molar-refractivity contribution is 6.20. The summed E-state index contributed by atoms with van der Waals surface area (Å²) in [7, 11) is 0. The molecule has 12 aromatic carbocycles. The summed E-state index contributed by atoms with van der Waals surface area (Å²) in [4.78, 5) is 0. The molecular formula is C78H57N3. The van der Waals surface area contributed by atoms with E-state index in [1.54, 1.807) is 0 Å². The smallest absolute Gasteiger partial charge is 0.0586 e. The molecule has 81 heavy (non-hydrogen) atoms. The summed E-state index contributed by atoms with van der Waals surface area (Å²) >= 11 is 0. The van der Waals surface area contributed by atoms with Crippen LogP contribution in [0.2, 0.25) is 0 Å². The van der Waals surface area contributed by atoms with Crippen LogP contribution in [0.15, 0.2) is 267 Å². The van der Waals surface area contributed by atoms with Crippen molar-refractivity contribution < 1.29 is 0 Å². The number of fused-ring (bicyclic) bond motifs is 11. The van der Waals surface area contributed by atoms with Gasteiger partial charge in [0, 0.05) is 54.7 Å². The first kappa shape index (κ1) is 47.1. The fraction of sp³-hybridized carbons (Fsp3) is 0.0769. The van der Waals surface area contributed by atoms with Gasteiger partial charge in [-0.05, 0) is 181 Å². The topological polar surface area (TPSA) is 14.8 Å². The minimum absolute atomic E-state index is 0.0735. The van der Waals surface area contributed by atoms with E-state index in [1.165, 1.54) is 154 Å². The molecule has 0 amide bonds. The fourth-order valence-corrected chi connectivity index (χ4v) is 13.9. The number of para-hydroxylation sites is 2. The van der Waals surface area contributed by atoms with E-state index in [2.05, 4.69) is 301 Å². The molecule has 0 bridgehead atoms. The van der Waals surface area contributed by atoms with Crippen molar-refractivity contribution in [2.24, 2.45) is 5.92 Å². The molecule has 3 heterocycles. The first-order chi connectivity index (χ1) is 40.0. The number of allylic oxidation sites excluding steroid dienone is 4. The van der Waals surface area contributed by atoms with Crippen molar-refractivity contribution in [3.8, 4) is 44.8 Å². The molecule has 16 rings (SSSR count). The summed E-state index contributed by atoms with van der Waals surface area (Å²) in [6.45, 7) is 6.81. The summed E-state index contributed by atoms with van der Waals surface area (Å²) in [5.74, 6) is 0.181. The van der Waals surface area contributed by atoms with Crippen molar-refractivity contribution in [1.29, 1.82) is 0 Å². The monoisotopic (exact) mass is 1040 g/mol. The van der Waals surface area contributed by atoms with Crippen LogP contribution in [0.5, 0.6) is 0 Å². The van der Waals surface area contributed by atoms with Gasteiger partial charge in [0.15, 0.2) is 0 Å². The Morgan fingerprint density at radius 2 is 0.778 bits per heavy atom. The summed E-state index contributed by atoms with van der Waals surface area (Å²) in [5, 5.41) is 12.6. The molecule has 2 unspecified atom stereocenters. The molecule has 0 spiro atoms. The van der Waals surface area contributed by atoms with Crippen molar-refractivity contribution in [1.82, 2.24) is 13.7 Å².